The number of aryl methyl sites for hydroxylation is 1. The molecule has 0 amide bonds. The van der Waals surface area contributed by atoms with Crippen LogP contribution in [0.2, 0.25) is 0 Å². The van der Waals surface area contributed by atoms with Crippen LogP contribution in [0.3, 0.4) is 0 Å². The fraction of sp³-hybridized carbons (Fsp3) is 0.154. The van der Waals surface area contributed by atoms with Crippen LogP contribution >= 0.6 is 0 Å². The number of para-hydroxylation sites is 1. The molecule has 2 heterocycles. The Morgan fingerprint density at radius 3 is 2.67 bits per heavy atom. The number of rotatable bonds is 2. The van der Waals surface area contributed by atoms with Crippen LogP contribution in [0.25, 0.3) is 5.78 Å². The maximum absolute atomic E-state index is 4.39. The van der Waals surface area contributed by atoms with Crippen LogP contribution in [-0.4, -0.2) is 19.6 Å². The van der Waals surface area contributed by atoms with Gasteiger partial charge in [-0.25, -0.2) is 4.98 Å². The van der Waals surface area contributed by atoms with Crippen LogP contribution in [0.5, 0.6) is 0 Å². The fourth-order valence-corrected chi connectivity index (χ4v) is 1.84. The van der Waals surface area contributed by atoms with Gasteiger partial charge in [0.15, 0.2) is 0 Å². The van der Waals surface area contributed by atoms with Crippen LogP contribution in [0.15, 0.2) is 36.7 Å². The molecule has 0 fully saturated rings. The van der Waals surface area contributed by atoms with E-state index in [1.54, 1.807) is 4.52 Å². The van der Waals surface area contributed by atoms with Gasteiger partial charge >= 0.3 is 0 Å². The Balaban J connectivity index is 2.16. The van der Waals surface area contributed by atoms with Crippen molar-refractivity contribution < 1.29 is 0 Å². The zero-order chi connectivity index (χ0) is 12.5. The Hall–Kier alpha value is -2.43. The minimum absolute atomic E-state index is 0.608. The third kappa shape index (κ3) is 1.69. The highest BCUT2D eigenvalue weighted by atomic mass is 15.4. The van der Waals surface area contributed by atoms with Crippen molar-refractivity contribution in [2.24, 2.45) is 0 Å². The van der Waals surface area contributed by atoms with Crippen molar-refractivity contribution in [2.45, 2.75) is 13.8 Å². The van der Waals surface area contributed by atoms with E-state index in [2.05, 4.69) is 20.4 Å². The molecule has 5 heteroatoms. The maximum atomic E-state index is 4.39. The molecule has 0 spiro atoms. The van der Waals surface area contributed by atoms with Crippen molar-refractivity contribution in [3.63, 3.8) is 0 Å². The van der Waals surface area contributed by atoms with Crippen LogP contribution in [-0.2, 0) is 0 Å². The number of nitrogens with one attached hydrogen (secondary N) is 1. The van der Waals surface area contributed by atoms with Crippen LogP contribution in [0, 0.1) is 13.8 Å². The average molecular weight is 239 g/mol. The molecule has 0 saturated carbocycles. The molecule has 1 N–H and O–H groups in total. The molecular weight excluding hydrogens is 226 g/mol. The normalized spacial score (nSPS) is 10.8. The second kappa shape index (κ2) is 4.10. The number of nitrogens with zero attached hydrogens (tertiary/aromatic N) is 4. The summed E-state index contributed by atoms with van der Waals surface area (Å²) in [4.78, 5) is 8.51. The van der Waals surface area contributed by atoms with Gasteiger partial charge in [-0.15, -0.1) is 0 Å². The summed E-state index contributed by atoms with van der Waals surface area (Å²) < 4.78 is 1.72. The van der Waals surface area contributed by atoms with Gasteiger partial charge in [0.05, 0.1) is 0 Å². The van der Waals surface area contributed by atoms with Gasteiger partial charge < -0.3 is 5.32 Å². The molecule has 0 atom stereocenters. The first kappa shape index (κ1) is 10.7. The summed E-state index contributed by atoms with van der Waals surface area (Å²) in [6.07, 6.45) is 1.51. The molecular formula is C13H13N5. The molecule has 1 aromatic carbocycles. The van der Waals surface area contributed by atoms with Gasteiger partial charge in [-0.3, -0.25) is 0 Å². The minimum Gasteiger partial charge on any atom is -0.340 e. The highest BCUT2D eigenvalue weighted by Gasteiger charge is 2.10. The average Bonchev–Trinajstić information content (AvgIpc) is 2.84. The Morgan fingerprint density at radius 1 is 1.11 bits per heavy atom. The molecule has 0 aliphatic rings. The van der Waals surface area contributed by atoms with Crippen molar-refractivity contribution in [3.05, 3.63) is 47.9 Å². The van der Waals surface area contributed by atoms with Crippen LogP contribution in [0.4, 0.5) is 11.5 Å². The third-order valence-corrected chi connectivity index (χ3v) is 2.94. The number of benzene rings is 1. The molecule has 0 bridgehead atoms. The van der Waals surface area contributed by atoms with Gasteiger partial charge in [0.1, 0.15) is 12.1 Å². The summed E-state index contributed by atoms with van der Waals surface area (Å²) in [5, 5.41) is 7.56. The second-order valence-electron chi connectivity index (χ2n) is 4.13. The SMILES string of the molecule is Cc1nc2ncnn2c(Nc2ccccc2)c1C. The molecule has 5 nitrogen and oxygen atoms in total. The minimum atomic E-state index is 0.608. The van der Waals surface area contributed by atoms with E-state index in [1.165, 1.54) is 6.33 Å². The van der Waals surface area contributed by atoms with Gasteiger partial charge in [-0.1, -0.05) is 18.2 Å². The highest BCUT2D eigenvalue weighted by Crippen LogP contribution is 2.21. The Bertz CT molecular complexity index is 687. The van der Waals surface area contributed by atoms with Gasteiger partial charge in [0.2, 0.25) is 0 Å². The number of hydrogen-bond acceptors (Lipinski definition) is 4. The molecule has 3 aromatic rings. The molecule has 0 saturated heterocycles. The van der Waals surface area contributed by atoms with Crippen LogP contribution < -0.4 is 5.32 Å². The lowest BCUT2D eigenvalue weighted by atomic mass is 10.2. The lowest BCUT2D eigenvalue weighted by molar-refractivity contribution is 0.923. The summed E-state index contributed by atoms with van der Waals surface area (Å²) in [6.45, 7) is 3.99. The molecule has 2 aromatic heterocycles. The first-order chi connectivity index (χ1) is 8.75. The summed E-state index contributed by atoms with van der Waals surface area (Å²) in [5.41, 5.74) is 3.04. The topological polar surface area (TPSA) is 55.1 Å². The number of hydrogen-bond donors (Lipinski definition) is 1. The number of fused-ring (bicyclic) bond motifs is 1. The number of aromatic nitrogens is 4. The molecule has 0 aliphatic heterocycles. The van der Waals surface area contributed by atoms with Crippen molar-refractivity contribution in [2.75, 3.05) is 5.32 Å². The molecule has 18 heavy (non-hydrogen) atoms. The molecule has 3 rings (SSSR count). The largest absolute Gasteiger partial charge is 0.340 e. The van der Waals surface area contributed by atoms with E-state index in [1.807, 2.05) is 44.2 Å². The molecule has 0 aliphatic carbocycles. The fourth-order valence-electron chi connectivity index (χ4n) is 1.84. The van der Waals surface area contributed by atoms with E-state index in [9.17, 15) is 0 Å². The van der Waals surface area contributed by atoms with E-state index in [-0.39, 0.29) is 0 Å². The van der Waals surface area contributed by atoms with Crippen molar-refractivity contribution in [1.82, 2.24) is 19.6 Å². The lowest BCUT2D eigenvalue weighted by Gasteiger charge is -2.12. The quantitative estimate of drug-likeness (QED) is 0.746. The van der Waals surface area contributed by atoms with Gasteiger partial charge in [0.25, 0.3) is 5.78 Å². The van der Waals surface area contributed by atoms with E-state index in [0.29, 0.717) is 5.78 Å². The Labute approximate surface area is 105 Å². The lowest BCUT2D eigenvalue weighted by Crippen LogP contribution is -2.06. The summed E-state index contributed by atoms with van der Waals surface area (Å²) >= 11 is 0. The smallest absolute Gasteiger partial charge is 0.254 e. The number of anilines is 2. The van der Waals surface area contributed by atoms with Crippen molar-refractivity contribution >= 4 is 17.3 Å². The van der Waals surface area contributed by atoms with Crippen molar-refractivity contribution in [3.8, 4) is 0 Å². The third-order valence-electron chi connectivity index (χ3n) is 2.94. The summed E-state index contributed by atoms with van der Waals surface area (Å²) in [6, 6.07) is 9.99. The predicted molar refractivity (Wildman–Crippen MR) is 70.0 cm³/mol. The van der Waals surface area contributed by atoms with Gasteiger partial charge in [0, 0.05) is 16.9 Å². The van der Waals surface area contributed by atoms with E-state index < -0.39 is 0 Å². The standard InChI is InChI=1S/C13H13N5/c1-9-10(2)16-13-14-8-15-18(13)12(9)17-11-6-4-3-5-7-11/h3-8,17H,1-2H3. The first-order valence-corrected chi connectivity index (χ1v) is 5.75. The Morgan fingerprint density at radius 2 is 1.89 bits per heavy atom. The van der Waals surface area contributed by atoms with Gasteiger partial charge in [-0.2, -0.15) is 14.6 Å². The molecule has 0 radical (unpaired) electrons. The van der Waals surface area contributed by atoms with E-state index in [0.717, 1.165) is 22.8 Å². The van der Waals surface area contributed by atoms with Crippen molar-refractivity contribution in [1.29, 1.82) is 0 Å². The van der Waals surface area contributed by atoms with E-state index >= 15 is 0 Å². The zero-order valence-electron chi connectivity index (χ0n) is 10.3. The molecule has 90 valence electrons. The second-order valence-corrected chi connectivity index (χ2v) is 4.13. The predicted octanol–water partition coefficient (Wildman–Crippen LogP) is 2.48. The monoisotopic (exact) mass is 239 g/mol. The van der Waals surface area contributed by atoms with Gasteiger partial charge in [-0.05, 0) is 26.0 Å². The molecule has 0 unspecified atom stereocenters. The van der Waals surface area contributed by atoms with E-state index in [4.69, 9.17) is 0 Å². The summed E-state index contributed by atoms with van der Waals surface area (Å²) in [7, 11) is 0. The zero-order valence-corrected chi connectivity index (χ0v) is 10.3. The van der Waals surface area contributed by atoms with Crippen LogP contribution in [0.1, 0.15) is 11.3 Å². The summed E-state index contributed by atoms with van der Waals surface area (Å²) in [5.74, 6) is 1.51. The maximum Gasteiger partial charge on any atom is 0.254 e. The Kier molecular flexibility index (Phi) is 2.44. The highest BCUT2D eigenvalue weighted by molar-refractivity contribution is 5.62. The first-order valence-electron chi connectivity index (χ1n) is 5.75.